The van der Waals surface area contributed by atoms with Crippen LogP contribution in [0.25, 0.3) is 6.08 Å². The fourth-order valence-electron chi connectivity index (χ4n) is 2.09. The van der Waals surface area contributed by atoms with Crippen LogP contribution < -0.4 is 10.1 Å². The third-order valence-corrected chi connectivity index (χ3v) is 3.78. The van der Waals surface area contributed by atoms with Gasteiger partial charge in [0.2, 0.25) is 0 Å². The standard InChI is InChI=1S/C19H16Cl2N2O3/c1-2-7-26-18-12(9-14(20)10-17(18)21)8-13(11-22)19(25)23-15-3-5-16(24)6-4-15/h3-6,8-10,24H,2,7H2,1H3,(H,23,25)/b13-8+. The van der Waals surface area contributed by atoms with E-state index in [1.807, 2.05) is 13.0 Å². The van der Waals surface area contributed by atoms with Gasteiger partial charge in [-0.25, -0.2) is 0 Å². The number of nitrogens with zero attached hydrogens (tertiary/aromatic N) is 1. The van der Waals surface area contributed by atoms with Crippen LogP contribution in [0.1, 0.15) is 18.9 Å². The summed E-state index contributed by atoms with van der Waals surface area (Å²) in [5.74, 6) is -0.163. The minimum atomic E-state index is -0.601. The summed E-state index contributed by atoms with van der Waals surface area (Å²) >= 11 is 12.2. The summed E-state index contributed by atoms with van der Waals surface area (Å²) in [5, 5.41) is 21.9. The Morgan fingerprint density at radius 2 is 2.00 bits per heavy atom. The molecule has 2 aromatic carbocycles. The van der Waals surface area contributed by atoms with Gasteiger partial charge >= 0.3 is 0 Å². The first kappa shape index (κ1) is 19.6. The third-order valence-electron chi connectivity index (χ3n) is 3.28. The number of amides is 1. The van der Waals surface area contributed by atoms with E-state index < -0.39 is 5.91 Å². The molecule has 0 aliphatic heterocycles. The second-order valence-electron chi connectivity index (χ2n) is 5.33. The Labute approximate surface area is 161 Å². The first-order chi connectivity index (χ1) is 12.4. The fraction of sp³-hybridized carbons (Fsp3) is 0.158. The van der Waals surface area contributed by atoms with Gasteiger partial charge in [0, 0.05) is 16.3 Å². The molecule has 0 fully saturated rings. The van der Waals surface area contributed by atoms with E-state index in [-0.39, 0.29) is 11.3 Å². The topological polar surface area (TPSA) is 82.3 Å². The number of hydrogen-bond donors (Lipinski definition) is 2. The van der Waals surface area contributed by atoms with Gasteiger partial charge in [0.15, 0.2) is 0 Å². The van der Waals surface area contributed by atoms with Crippen molar-refractivity contribution in [2.24, 2.45) is 0 Å². The van der Waals surface area contributed by atoms with Crippen LogP contribution in [0, 0.1) is 11.3 Å². The summed E-state index contributed by atoms with van der Waals surface area (Å²) in [6.07, 6.45) is 2.15. The largest absolute Gasteiger partial charge is 0.508 e. The van der Waals surface area contributed by atoms with Crippen LogP contribution in [0.4, 0.5) is 5.69 Å². The number of nitriles is 1. The maximum absolute atomic E-state index is 12.4. The first-order valence-corrected chi connectivity index (χ1v) is 8.54. The molecule has 0 atom stereocenters. The number of phenols is 1. The van der Waals surface area contributed by atoms with Gasteiger partial charge in [0.05, 0.1) is 11.6 Å². The molecule has 26 heavy (non-hydrogen) atoms. The van der Waals surface area contributed by atoms with Crippen molar-refractivity contribution >= 4 is 40.9 Å². The minimum Gasteiger partial charge on any atom is -0.508 e. The van der Waals surface area contributed by atoms with E-state index in [1.165, 1.54) is 36.4 Å². The van der Waals surface area contributed by atoms with Crippen LogP contribution in [-0.4, -0.2) is 17.6 Å². The molecule has 0 radical (unpaired) electrons. The van der Waals surface area contributed by atoms with Gasteiger partial charge in [0.25, 0.3) is 5.91 Å². The summed E-state index contributed by atoms with van der Waals surface area (Å²) in [5.41, 5.74) is 0.742. The number of aromatic hydroxyl groups is 1. The van der Waals surface area contributed by atoms with Gasteiger partial charge in [0.1, 0.15) is 23.1 Å². The SMILES string of the molecule is CCCOc1c(Cl)cc(Cl)cc1/C=C(\C#N)C(=O)Nc1ccc(O)cc1. The van der Waals surface area contributed by atoms with Crippen LogP contribution in [0.2, 0.25) is 10.0 Å². The van der Waals surface area contributed by atoms with E-state index in [0.29, 0.717) is 33.7 Å². The zero-order valence-electron chi connectivity index (χ0n) is 13.9. The monoisotopic (exact) mass is 390 g/mol. The highest BCUT2D eigenvalue weighted by molar-refractivity contribution is 6.36. The van der Waals surface area contributed by atoms with Crippen LogP contribution in [0.15, 0.2) is 42.0 Å². The minimum absolute atomic E-state index is 0.0744. The van der Waals surface area contributed by atoms with Crippen molar-refractivity contribution in [2.75, 3.05) is 11.9 Å². The number of hydrogen-bond acceptors (Lipinski definition) is 4. The van der Waals surface area contributed by atoms with E-state index in [4.69, 9.17) is 27.9 Å². The quantitative estimate of drug-likeness (QED) is 0.411. The Kier molecular flexibility index (Phi) is 6.90. The first-order valence-electron chi connectivity index (χ1n) is 7.78. The second-order valence-corrected chi connectivity index (χ2v) is 6.17. The van der Waals surface area contributed by atoms with Crippen molar-refractivity contribution in [3.05, 3.63) is 57.6 Å². The van der Waals surface area contributed by atoms with Gasteiger partial charge in [-0.3, -0.25) is 4.79 Å². The van der Waals surface area contributed by atoms with Crippen molar-refractivity contribution < 1.29 is 14.6 Å². The zero-order chi connectivity index (χ0) is 19.1. The Bertz CT molecular complexity index is 872. The van der Waals surface area contributed by atoms with Gasteiger partial charge in [-0.15, -0.1) is 0 Å². The molecule has 0 heterocycles. The lowest BCUT2D eigenvalue weighted by atomic mass is 10.1. The normalized spacial score (nSPS) is 10.9. The molecule has 0 aliphatic rings. The van der Waals surface area contributed by atoms with Crippen LogP contribution in [-0.2, 0) is 4.79 Å². The van der Waals surface area contributed by atoms with E-state index in [0.717, 1.165) is 6.42 Å². The van der Waals surface area contributed by atoms with Crippen molar-refractivity contribution in [3.63, 3.8) is 0 Å². The summed E-state index contributed by atoms with van der Waals surface area (Å²) in [7, 11) is 0. The molecule has 0 saturated heterocycles. The molecule has 0 bridgehead atoms. The molecule has 5 nitrogen and oxygen atoms in total. The predicted molar refractivity (Wildman–Crippen MR) is 103 cm³/mol. The summed E-state index contributed by atoms with van der Waals surface area (Å²) in [6, 6.07) is 10.9. The molecule has 134 valence electrons. The number of phenolic OH excluding ortho intramolecular Hbond substituents is 1. The number of carbonyl (C=O) groups is 1. The molecule has 0 unspecified atom stereocenters. The number of benzene rings is 2. The maximum Gasteiger partial charge on any atom is 0.266 e. The highest BCUT2D eigenvalue weighted by atomic mass is 35.5. The average Bonchev–Trinajstić information content (AvgIpc) is 2.60. The molecule has 2 aromatic rings. The highest BCUT2D eigenvalue weighted by Gasteiger charge is 2.14. The smallest absolute Gasteiger partial charge is 0.266 e. The maximum atomic E-state index is 12.4. The zero-order valence-corrected chi connectivity index (χ0v) is 15.4. The molecule has 2 N–H and O–H groups in total. The third kappa shape index (κ3) is 5.16. The Morgan fingerprint density at radius 1 is 1.31 bits per heavy atom. The number of halogens is 2. The van der Waals surface area contributed by atoms with Gasteiger partial charge < -0.3 is 15.2 Å². The number of nitrogens with one attached hydrogen (secondary N) is 1. The van der Waals surface area contributed by atoms with E-state index in [2.05, 4.69) is 5.32 Å². The van der Waals surface area contributed by atoms with Crippen molar-refractivity contribution in [3.8, 4) is 17.6 Å². The van der Waals surface area contributed by atoms with E-state index >= 15 is 0 Å². The number of ether oxygens (including phenoxy) is 1. The molecule has 7 heteroatoms. The number of anilines is 1. The van der Waals surface area contributed by atoms with E-state index in [1.54, 1.807) is 6.07 Å². The lowest BCUT2D eigenvalue weighted by molar-refractivity contribution is -0.112. The highest BCUT2D eigenvalue weighted by Crippen LogP contribution is 2.34. The number of carbonyl (C=O) groups excluding carboxylic acids is 1. The molecule has 0 aromatic heterocycles. The Morgan fingerprint density at radius 3 is 2.62 bits per heavy atom. The van der Waals surface area contributed by atoms with Gasteiger partial charge in [-0.05, 0) is 48.9 Å². The molecule has 0 aliphatic carbocycles. The second kappa shape index (κ2) is 9.14. The van der Waals surface area contributed by atoms with Gasteiger partial charge in [-0.1, -0.05) is 30.1 Å². The molecule has 0 saturated carbocycles. The van der Waals surface area contributed by atoms with Crippen molar-refractivity contribution in [1.29, 1.82) is 5.26 Å². The Hall–Kier alpha value is -2.68. The van der Waals surface area contributed by atoms with Crippen molar-refractivity contribution in [2.45, 2.75) is 13.3 Å². The summed E-state index contributed by atoms with van der Waals surface area (Å²) in [4.78, 5) is 12.4. The molecule has 2 rings (SSSR count). The molecule has 0 spiro atoms. The molecular formula is C19H16Cl2N2O3. The fourth-order valence-corrected chi connectivity index (χ4v) is 2.65. The number of rotatable bonds is 6. The summed E-state index contributed by atoms with van der Waals surface area (Å²) in [6.45, 7) is 2.38. The molecule has 1 amide bonds. The van der Waals surface area contributed by atoms with Crippen LogP contribution in [0.3, 0.4) is 0 Å². The average molecular weight is 391 g/mol. The van der Waals surface area contributed by atoms with Gasteiger partial charge in [-0.2, -0.15) is 5.26 Å². The summed E-state index contributed by atoms with van der Waals surface area (Å²) < 4.78 is 5.62. The lowest BCUT2D eigenvalue weighted by Crippen LogP contribution is -2.13. The molecular weight excluding hydrogens is 375 g/mol. The lowest BCUT2D eigenvalue weighted by Gasteiger charge is -2.11. The predicted octanol–water partition coefficient (Wildman–Crippen LogP) is 5.03. The van der Waals surface area contributed by atoms with Crippen LogP contribution >= 0.6 is 23.2 Å². The van der Waals surface area contributed by atoms with Crippen LogP contribution in [0.5, 0.6) is 11.5 Å². The van der Waals surface area contributed by atoms with Crippen molar-refractivity contribution in [1.82, 2.24) is 0 Å². The Balaban J connectivity index is 2.34. The van der Waals surface area contributed by atoms with E-state index in [9.17, 15) is 15.2 Å².